The average Bonchev–Trinajstić information content (AvgIpc) is 2.97. The highest BCUT2D eigenvalue weighted by Crippen LogP contribution is 2.33. The second kappa shape index (κ2) is 7.57. The second-order valence-corrected chi connectivity index (χ2v) is 6.67. The lowest BCUT2D eigenvalue weighted by molar-refractivity contribution is -0.138. The minimum atomic E-state index is -0.473. The Hall–Kier alpha value is -2.22. The summed E-state index contributed by atoms with van der Waals surface area (Å²) in [6.45, 7) is 5.69. The summed E-state index contributed by atoms with van der Waals surface area (Å²) in [6, 6.07) is 0. The minimum absolute atomic E-state index is 0.00423. The van der Waals surface area contributed by atoms with Crippen LogP contribution in [0.5, 0.6) is 0 Å². The van der Waals surface area contributed by atoms with Crippen molar-refractivity contribution >= 4 is 40.0 Å². The smallest absolute Gasteiger partial charge is 0.341 e. The van der Waals surface area contributed by atoms with Crippen molar-refractivity contribution in [2.45, 2.75) is 40.0 Å². The van der Waals surface area contributed by atoms with E-state index in [1.165, 1.54) is 11.3 Å². The number of nitrogens with zero attached hydrogens (tertiary/aromatic N) is 1. The van der Waals surface area contributed by atoms with Crippen molar-refractivity contribution in [1.29, 1.82) is 0 Å². The number of rotatable bonds is 6. The molecule has 1 aromatic heterocycles. The fourth-order valence-electron chi connectivity index (χ4n) is 2.44. The number of hydrogen-bond acceptors (Lipinski definition) is 6. The van der Waals surface area contributed by atoms with Gasteiger partial charge in [0, 0.05) is 30.7 Å². The quantitative estimate of drug-likeness (QED) is 0.624. The summed E-state index contributed by atoms with van der Waals surface area (Å²) in [5.41, 5.74) is 1.14. The van der Waals surface area contributed by atoms with Crippen molar-refractivity contribution in [1.82, 2.24) is 4.90 Å². The van der Waals surface area contributed by atoms with Crippen molar-refractivity contribution in [2.24, 2.45) is 0 Å². The molecule has 1 fully saturated rings. The Bertz CT molecular complexity index is 679. The van der Waals surface area contributed by atoms with Crippen molar-refractivity contribution in [3.05, 3.63) is 16.0 Å². The van der Waals surface area contributed by atoms with E-state index in [-0.39, 0.29) is 50.1 Å². The molecule has 0 atom stereocenters. The molecule has 1 aliphatic rings. The molecule has 8 heteroatoms. The molecule has 1 aliphatic heterocycles. The molecule has 0 bridgehead atoms. The van der Waals surface area contributed by atoms with Crippen LogP contribution in [0, 0.1) is 13.8 Å². The van der Waals surface area contributed by atoms with Gasteiger partial charge in [-0.05, 0) is 26.3 Å². The highest BCUT2D eigenvalue weighted by Gasteiger charge is 2.29. The van der Waals surface area contributed by atoms with Crippen LogP contribution in [0.3, 0.4) is 0 Å². The number of aryl methyl sites for hydroxylation is 1. The fourth-order valence-corrected chi connectivity index (χ4v) is 3.50. The van der Waals surface area contributed by atoms with Crippen molar-refractivity contribution in [3.63, 3.8) is 0 Å². The van der Waals surface area contributed by atoms with Gasteiger partial charge in [0.2, 0.25) is 17.7 Å². The Labute approximate surface area is 144 Å². The van der Waals surface area contributed by atoms with E-state index in [4.69, 9.17) is 4.74 Å². The first-order chi connectivity index (χ1) is 11.3. The summed E-state index contributed by atoms with van der Waals surface area (Å²) in [4.78, 5) is 49.3. The average molecular weight is 352 g/mol. The highest BCUT2D eigenvalue weighted by atomic mass is 32.1. The zero-order valence-electron chi connectivity index (χ0n) is 13.9. The number of nitrogens with one attached hydrogen (secondary N) is 1. The molecule has 0 saturated carbocycles. The molecule has 0 aromatic carbocycles. The van der Waals surface area contributed by atoms with Crippen LogP contribution in [-0.4, -0.2) is 41.7 Å². The van der Waals surface area contributed by atoms with Crippen molar-refractivity contribution in [2.75, 3.05) is 18.5 Å². The molecule has 1 aromatic rings. The van der Waals surface area contributed by atoms with Gasteiger partial charge in [0.15, 0.2) is 0 Å². The van der Waals surface area contributed by atoms with E-state index in [1.807, 2.05) is 6.92 Å². The molecule has 0 aliphatic carbocycles. The highest BCUT2D eigenvalue weighted by molar-refractivity contribution is 7.16. The Kier molecular flexibility index (Phi) is 5.71. The molecular formula is C16H20N2O5S. The number of hydrogen-bond donors (Lipinski definition) is 1. The molecule has 24 heavy (non-hydrogen) atoms. The molecule has 3 amide bonds. The molecule has 130 valence electrons. The van der Waals surface area contributed by atoms with E-state index in [0.717, 1.165) is 15.3 Å². The van der Waals surface area contributed by atoms with Crippen molar-refractivity contribution < 1.29 is 23.9 Å². The summed E-state index contributed by atoms with van der Waals surface area (Å²) in [5, 5.41) is 3.13. The third kappa shape index (κ3) is 3.81. The number of thiophene rings is 1. The van der Waals surface area contributed by atoms with Crippen LogP contribution >= 0.6 is 11.3 Å². The lowest BCUT2D eigenvalue weighted by Gasteiger charge is -2.13. The molecule has 1 saturated heterocycles. The number of esters is 1. The van der Waals surface area contributed by atoms with E-state index in [2.05, 4.69) is 5.32 Å². The fraction of sp³-hybridized carbons (Fsp3) is 0.500. The maximum absolute atomic E-state index is 12.1. The SMILES string of the molecule is CCOC(=O)c1c(NC(=O)CCN2C(=O)CCC2=O)sc(C)c1C. The Balaban J connectivity index is 2.04. The lowest BCUT2D eigenvalue weighted by Crippen LogP contribution is -2.32. The van der Waals surface area contributed by atoms with Gasteiger partial charge >= 0.3 is 5.97 Å². The first kappa shape index (κ1) is 18.1. The van der Waals surface area contributed by atoms with Crippen LogP contribution in [0.1, 0.15) is 47.0 Å². The van der Waals surface area contributed by atoms with Gasteiger partial charge in [0.05, 0.1) is 12.2 Å². The minimum Gasteiger partial charge on any atom is -0.462 e. The van der Waals surface area contributed by atoms with Gasteiger partial charge in [0.25, 0.3) is 0 Å². The summed E-state index contributed by atoms with van der Waals surface area (Å²) in [7, 11) is 0. The number of amides is 3. The van der Waals surface area contributed by atoms with Crippen LogP contribution in [-0.2, 0) is 19.1 Å². The summed E-state index contributed by atoms with van der Waals surface area (Å²) in [6.07, 6.45) is 0.406. The monoisotopic (exact) mass is 352 g/mol. The maximum Gasteiger partial charge on any atom is 0.341 e. The van der Waals surface area contributed by atoms with Crippen LogP contribution in [0.4, 0.5) is 5.00 Å². The predicted molar refractivity (Wildman–Crippen MR) is 89.0 cm³/mol. The van der Waals surface area contributed by atoms with E-state index < -0.39 is 5.97 Å². The first-order valence-electron chi connectivity index (χ1n) is 7.75. The molecular weight excluding hydrogens is 332 g/mol. The van der Waals surface area contributed by atoms with Gasteiger partial charge in [-0.2, -0.15) is 0 Å². The number of ether oxygens (including phenoxy) is 1. The van der Waals surface area contributed by atoms with Gasteiger partial charge in [0.1, 0.15) is 5.00 Å². The lowest BCUT2D eigenvalue weighted by atomic mass is 10.1. The predicted octanol–water partition coefficient (Wildman–Crippen LogP) is 2.02. The van der Waals surface area contributed by atoms with E-state index in [0.29, 0.717) is 10.6 Å². The Morgan fingerprint density at radius 1 is 1.21 bits per heavy atom. The zero-order valence-corrected chi connectivity index (χ0v) is 14.7. The van der Waals surface area contributed by atoms with Gasteiger partial charge in [-0.3, -0.25) is 19.3 Å². The Morgan fingerprint density at radius 2 is 1.83 bits per heavy atom. The van der Waals surface area contributed by atoms with Crippen LogP contribution in [0.15, 0.2) is 0 Å². The second-order valence-electron chi connectivity index (χ2n) is 5.45. The molecule has 2 heterocycles. The van der Waals surface area contributed by atoms with Crippen LogP contribution in [0.25, 0.3) is 0 Å². The van der Waals surface area contributed by atoms with Gasteiger partial charge in [-0.15, -0.1) is 11.3 Å². The molecule has 0 radical (unpaired) electrons. The Morgan fingerprint density at radius 3 is 2.42 bits per heavy atom. The van der Waals surface area contributed by atoms with Gasteiger partial charge in [-0.1, -0.05) is 0 Å². The normalized spacial score (nSPS) is 14.2. The summed E-state index contributed by atoms with van der Waals surface area (Å²) >= 11 is 1.30. The van der Waals surface area contributed by atoms with Crippen molar-refractivity contribution in [3.8, 4) is 0 Å². The number of carbonyl (C=O) groups is 4. The standard InChI is InChI=1S/C16H20N2O5S/c1-4-23-16(22)14-9(2)10(3)24-15(14)17-11(19)7-8-18-12(20)5-6-13(18)21/h4-8H2,1-3H3,(H,17,19). The molecule has 1 N–H and O–H groups in total. The third-order valence-corrected chi connectivity index (χ3v) is 4.96. The van der Waals surface area contributed by atoms with Crippen LogP contribution in [0.2, 0.25) is 0 Å². The summed E-state index contributed by atoms with van der Waals surface area (Å²) in [5.74, 6) is -1.32. The third-order valence-electron chi connectivity index (χ3n) is 3.84. The molecule has 0 spiro atoms. The van der Waals surface area contributed by atoms with E-state index in [9.17, 15) is 19.2 Å². The zero-order chi connectivity index (χ0) is 17.9. The molecule has 2 rings (SSSR count). The van der Waals surface area contributed by atoms with Crippen LogP contribution < -0.4 is 5.32 Å². The molecule has 7 nitrogen and oxygen atoms in total. The topological polar surface area (TPSA) is 92.8 Å². The summed E-state index contributed by atoms with van der Waals surface area (Å²) < 4.78 is 5.03. The van der Waals surface area contributed by atoms with E-state index >= 15 is 0 Å². The maximum atomic E-state index is 12.1. The van der Waals surface area contributed by atoms with E-state index in [1.54, 1.807) is 13.8 Å². The first-order valence-corrected chi connectivity index (χ1v) is 8.57. The number of carbonyl (C=O) groups excluding carboxylic acids is 4. The number of imide groups is 1. The van der Waals surface area contributed by atoms with Gasteiger partial charge < -0.3 is 10.1 Å². The molecule has 0 unspecified atom stereocenters. The number of anilines is 1. The largest absolute Gasteiger partial charge is 0.462 e. The number of likely N-dealkylation sites (tertiary alicyclic amines) is 1. The van der Waals surface area contributed by atoms with Gasteiger partial charge in [-0.25, -0.2) is 4.79 Å².